The summed E-state index contributed by atoms with van der Waals surface area (Å²) in [5, 5.41) is 0.722. The fourth-order valence-corrected chi connectivity index (χ4v) is 7.15. The van der Waals surface area contributed by atoms with Crippen molar-refractivity contribution in [2.45, 2.75) is 49.7 Å². The number of hydrogen-bond donors (Lipinski definition) is 0. The van der Waals surface area contributed by atoms with Crippen molar-refractivity contribution in [1.82, 2.24) is 18.8 Å². The van der Waals surface area contributed by atoms with Crippen LogP contribution in [0.15, 0.2) is 28.3 Å². The molecule has 3 heterocycles. The van der Waals surface area contributed by atoms with Crippen molar-refractivity contribution in [1.29, 1.82) is 0 Å². The van der Waals surface area contributed by atoms with Gasteiger partial charge in [0.05, 0.1) is 34.9 Å². The third-order valence-corrected chi connectivity index (χ3v) is 9.33. The molecular formula is C24H36N4O5S2. The maximum Gasteiger partial charge on any atom is 0.243 e. The van der Waals surface area contributed by atoms with Gasteiger partial charge in [-0.05, 0) is 50.3 Å². The first-order chi connectivity index (χ1) is 16.9. The Kier molecular flexibility index (Phi) is 9.09. The number of hydrogen-bond acceptors (Lipinski definition) is 7. The molecule has 0 aliphatic carbocycles. The first-order valence-electron chi connectivity index (χ1n) is 12.5. The number of imidazole rings is 1. The van der Waals surface area contributed by atoms with Gasteiger partial charge in [0.2, 0.25) is 15.9 Å². The topological polar surface area (TPSA) is 94.0 Å². The summed E-state index contributed by atoms with van der Waals surface area (Å²) in [4.78, 5) is 19.6. The molecule has 4 rings (SSSR count). The Labute approximate surface area is 212 Å². The van der Waals surface area contributed by atoms with Crippen LogP contribution >= 0.6 is 11.8 Å². The lowest BCUT2D eigenvalue weighted by atomic mass is 10.0. The van der Waals surface area contributed by atoms with Gasteiger partial charge >= 0.3 is 0 Å². The van der Waals surface area contributed by atoms with Crippen molar-refractivity contribution in [2.24, 2.45) is 5.92 Å². The predicted molar refractivity (Wildman–Crippen MR) is 136 cm³/mol. The minimum atomic E-state index is -3.57. The first kappa shape index (κ1) is 26.4. The number of morpholine rings is 1. The van der Waals surface area contributed by atoms with Crippen LogP contribution in [-0.2, 0) is 30.8 Å². The zero-order chi connectivity index (χ0) is 24.8. The van der Waals surface area contributed by atoms with E-state index in [1.165, 1.54) is 11.8 Å². The van der Waals surface area contributed by atoms with Crippen molar-refractivity contribution in [3.8, 4) is 0 Å². The van der Waals surface area contributed by atoms with Gasteiger partial charge in [-0.15, -0.1) is 0 Å². The van der Waals surface area contributed by atoms with Crippen LogP contribution in [-0.4, -0.2) is 91.4 Å². The molecule has 0 spiro atoms. The summed E-state index contributed by atoms with van der Waals surface area (Å²) in [5.74, 6) is 0.707. The van der Waals surface area contributed by atoms with Gasteiger partial charge in [0.25, 0.3) is 0 Å². The molecule has 0 radical (unpaired) electrons. The highest BCUT2D eigenvalue weighted by molar-refractivity contribution is 7.99. The highest BCUT2D eigenvalue weighted by Crippen LogP contribution is 2.29. The van der Waals surface area contributed by atoms with Crippen LogP contribution in [0.3, 0.4) is 0 Å². The Hall–Kier alpha value is -1.66. The summed E-state index contributed by atoms with van der Waals surface area (Å²) in [6.45, 7) is 9.51. The highest BCUT2D eigenvalue weighted by Gasteiger charge is 2.29. The second-order valence-corrected chi connectivity index (χ2v) is 12.0. The van der Waals surface area contributed by atoms with Crippen LogP contribution in [0.25, 0.3) is 11.0 Å². The van der Waals surface area contributed by atoms with Crippen LogP contribution < -0.4 is 0 Å². The molecule has 1 unspecified atom stereocenters. The second-order valence-electron chi connectivity index (χ2n) is 9.14. The molecule has 2 aliphatic heterocycles. The van der Waals surface area contributed by atoms with Crippen molar-refractivity contribution < 1.29 is 22.7 Å². The Morgan fingerprint density at radius 3 is 2.80 bits per heavy atom. The van der Waals surface area contributed by atoms with E-state index in [9.17, 15) is 13.2 Å². The zero-order valence-electron chi connectivity index (χ0n) is 20.6. The number of piperidine rings is 1. The molecule has 0 N–H and O–H groups in total. The van der Waals surface area contributed by atoms with E-state index < -0.39 is 10.0 Å². The molecule has 11 heteroatoms. The van der Waals surface area contributed by atoms with Crippen molar-refractivity contribution in [2.75, 3.05) is 58.4 Å². The average Bonchev–Trinajstić information content (AvgIpc) is 3.22. The van der Waals surface area contributed by atoms with Crippen LogP contribution in [0.1, 0.15) is 33.1 Å². The van der Waals surface area contributed by atoms with E-state index in [0.29, 0.717) is 70.6 Å². The molecule has 2 aliphatic rings. The molecule has 1 aromatic carbocycles. The molecule has 2 fully saturated rings. The summed E-state index contributed by atoms with van der Waals surface area (Å²) in [5.41, 5.74) is 1.50. The Morgan fingerprint density at radius 1 is 1.26 bits per heavy atom. The molecule has 9 nitrogen and oxygen atoms in total. The van der Waals surface area contributed by atoms with E-state index in [1.807, 2.05) is 17.9 Å². The second kappa shape index (κ2) is 12.1. The maximum atomic E-state index is 13.3. The molecule has 2 aromatic rings. The van der Waals surface area contributed by atoms with Gasteiger partial charge in [-0.2, -0.15) is 4.31 Å². The number of fused-ring (bicyclic) bond motifs is 1. The van der Waals surface area contributed by atoms with E-state index >= 15 is 0 Å². The quantitative estimate of drug-likeness (QED) is 0.348. The Morgan fingerprint density at radius 2 is 2.06 bits per heavy atom. The lowest BCUT2D eigenvalue weighted by Gasteiger charge is -2.30. The summed E-state index contributed by atoms with van der Waals surface area (Å²) in [6, 6.07) is 5.21. The molecule has 1 aromatic heterocycles. The predicted octanol–water partition coefficient (Wildman–Crippen LogP) is 2.83. The number of benzene rings is 1. The molecule has 0 bridgehead atoms. The smallest absolute Gasteiger partial charge is 0.243 e. The van der Waals surface area contributed by atoms with E-state index in [-0.39, 0.29) is 16.6 Å². The number of thioether (sulfide) groups is 1. The maximum absolute atomic E-state index is 13.3. The monoisotopic (exact) mass is 524 g/mol. The third-order valence-electron chi connectivity index (χ3n) is 6.51. The zero-order valence-corrected chi connectivity index (χ0v) is 22.3. The third kappa shape index (κ3) is 6.37. The molecule has 35 heavy (non-hydrogen) atoms. The number of sulfonamides is 1. The fraction of sp³-hybridized carbons (Fsp3) is 0.667. The van der Waals surface area contributed by atoms with E-state index in [1.54, 1.807) is 16.4 Å². The number of nitrogens with zero attached hydrogens (tertiary/aromatic N) is 4. The van der Waals surface area contributed by atoms with Gasteiger partial charge in [-0.1, -0.05) is 18.7 Å². The van der Waals surface area contributed by atoms with Crippen LogP contribution in [0, 0.1) is 5.92 Å². The largest absolute Gasteiger partial charge is 0.382 e. The van der Waals surface area contributed by atoms with Crippen molar-refractivity contribution in [3.05, 3.63) is 18.2 Å². The lowest BCUT2D eigenvalue weighted by molar-refractivity contribution is -0.132. The molecule has 0 saturated carbocycles. The van der Waals surface area contributed by atoms with Gasteiger partial charge < -0.3 is 18.9 Å². The van der Waals surface area contributed by atoms with E-state index in [4.69, 9.17) is 14.5 Å². The van der Waals surface area contributed by atoms with E-state index in [0.717, 1.165) is 29.9 Å². The fourth-order valence-electron chi connectivity index (χ4n) is 4.59. The van der Waals surface area contributed by atoms with Crippen molar-refractivity contribution >= 4 is 38.7 Å². The van der Waals surface area contributed by atoms with Gasteiger partial charge in [0.15, 0.2) is 5.16 Å². The summed E-state index contributed by atoms with van der Waals surface area (Å²) >= 11 is 1.40. The summed E-state index contributed by atoms with van der Waals surface area (Å²) in [6.07, 6.45) is 2.74. The van der Waals surface area contributed by atoms with Gasteiger partial charge in [0.1, 0.15) is 0 Å². The van der Waals surface area contributed by atoms with Gasteiger partial charge in [0, 0.05) is 45.9 Å². The Bertz CT molecular complexity index is 1110. The molecule has 1 atom stereocenters. The number of aryl methyl sites for hydroxylation is 1. The number of rotatable bonds is 10. The molecule has 1 amide bonds. The number of ether oxygens (including phenoxy) is 2. The molecular weight excluding hydrogens is 488 g/mol. The standard InChI is InChI=1S/C24H36N4O5S2/c1-3-32-13-5-10-28-22-8-7-20(35(30,31)27-9-4-6-19(2)17-27)16-21(22)25-24(28)34-18-23(29)26-11-14-33-15-12-26/h7-8,16,19H,3-6,9-15,17-18H2,1-2H3. The van der Waals surface area contributed by atoms with Gasteiger partial charge in [-0.25, -0.2) is 13.4 Å². The Balaban J connectivity index is 1.57. The summed E-state index contributed by atoms with van der Waals surface area (Å²) < 4.78 is 41.1. The van der Waals surface area contributed by atoms with Crippen LogP contribution in [0.4, 0.5) is 0 Å². The minimum absolute atomic E-state index is 0.0636. The van der Waals surface area contributed by atoms with Crippen molar-refractivity contribution in [3.63, 3.8) is 0 Å². The SMILES string of the molecule is CCOCCCn1c(SCC(=O)N2CCOCC2)nc2cc(S(=O)(=O)N3CCCC(C)C3)ccc21. The normalized spacial score (nSPS) is 19.9. The average molecular weight is 525 g/mol. The molecule has 2 saturated heterocycles. The highest BCUT2D eigenvalue weighted by atomic mass is 32.2. The van der Waals surface area contributed by atoms with Gasteiger partial charge in [-0.3, -0.25) is 4.79 Å². The number of carbonyl (C=O) groups is 1. The number of aromatic nitrogens is 2. The van der Waals surface area contributed by atoms with E-state index in [2.05, 4.69) is 11.5 Å². The molecule has 194 valence electrons. The van der Waals surface area contributed by atoms with Crippen LogP contribution in [0.2, 0.25) is 0 Å². The number of amides is 1. The lowest BCUT2D eigenvalue weighted by Crippen LogP contribution is -2.41. The minimum Gasteiger partial charge on any atom is -0.382 e. The van der Waals surface area contributed by atoms with Crippen LogP contribution in [0.5, 0.6) is 0 Å². The summed E-state index contributed by atoms with van der Waals surface area (Å²) in [7, 11) is -3.57. The number of carbonyl (C=O) groups excluding carboxylic acids is 1. The first-order valence-corrected chi connectivity index (χ1v) is 14.9.